The molecule has 6 heteroatoms. The van der Waals surface area contributed by atoms with Crippen LogP contribution in [0.2, 0.25) is 0 Å². The van der Waals surface area contributed by atoms with Crippen LogP contribution in [0.1, 0.15) is 12.8 Å². The quantitative estimate of drug-likeness (QED) is 0.826. The van der Waals surface area contributed by atoms with E-state index in [1.165, 1.54) is 0 Å². The Morgan fingerprint density at radius 1 is 0.917 bits per heavy atom. The summed E-state index contributed by atoms with van der Waals surface area (Å²) in [6.07, 6.45) is 2.29. The van der Waals surface area contributed by atoms with Crippen LogP contribution >= 0.6 is 0 Å². The van der Waals surface area contributed by atoms with Crippen molar-refractivity contribution >= 4 is 6.03 Å². The number of piperazine rings is 1. The van der Waals surface area contributed by atoms with Crippen molar-refractivity contribution in [2.45, 2.75) is 12.8 Å². The van der Waals surface area contributed by atoms with E-state index in [0.717, 1.165) is 70.2 Å². The Kier molecular flexibility index (Phi) is 5.80. The summed E-state index contributed by atoms with van der Waals surface area (Å²) >= 11 is 0. The summed E-state index contributed by atoms with van der Waals surface area (Å²) in [5.41, 5.74) is 0. The normalized spacial score (nSPS) is 18.7. The number of likely N-dealkylation sites (tertiary alicyclic amines) is 1. The summed E-state index contributed by atoms with van der Waals surface area (Å²) in [4.78, 5) is 18.7. The van der Waals surface area contributed by atoms with Gasteiger partial charge >= 0.3 is 6.03 Å². The van der Waals surface area contributed by atoms with Gasteiger partial charge in [-0.2, -0.15) is 0 Å². The molecule has 2 aliphatic rings. The zero-order valence-corrected chi connectivity index (χ0v) is 14.4. The number of nitrogens with zero attached hydrogens (tertiary/aromatic N) is 3. The van der Waals surface area contributed by atoms with Gasteiger partial charge in [0.05, 0.1) is 7.11 Å². The van der Waals surface area contributed by atoms with E-state index >= 15 is 0 Å². The summed E-state index contributed by atoms with van der Waals surface area (Å²) in [6.45, 7) is 6.88. The van der Waals surface area contributed by atoms with Crippen molar-refractivity contribution in [2.75, 3.05) is 59.5 Å². The molecule has 0 bridgehead atoms. The highest BCUT2D eigenvalue weighted by atomic mass is 16.5. The third-order valence-corrected chi connectivity index (χ3v) is 4.76. The molecule has 0 aliphatic carbocycles. The van der Waals surface area contributed by atoms with E-state index in [9.17, 15) is 4.79 Å². The van der Waals surface area contributed by atoms with Crippen LogP contribution in [0.3, 0.4) is 0 Å². The first-order valence-corrected chi connectivity index (χ1v) is 8.79. The molecule has 2 saturated heterocycles. The molecular weight excluding hydrogens is 306 g/mol. The standard InChI is InChI=1S/C18H27N3O3/c1-23-16-4-6-17(7-5-16)24-15-14-19-10-12-21(13-11-19)18(22)20-8-2-3-9-20/h4-7H,2-3,8-15H2,1H3. The molecule has 1 aromatic rings. The molecule has 0 spiro atoms. The zero-order chi connectivity index (χ0) is 16.8. The molecule has 0 unspecified atom stereocenters. The van der Waals surface area contributed by atoms with E-state index in [4.69, 9.17) is 9.47 Å². The number of carbonyl (C=O) groups is 1. The van der Waals surface area contributed by atoms with Crippen molar-refractivity contribution in [3.63, 3.8) is 0 Å². The molecule has 1 aromatic carbocycles. The smallest absolute Gasteiger partial charge is 0.320 e. The first kappa shape index (κ1) is 16.9. The predicted octanol–water partition coefficient (Wildman–Crippen LogP) is 1.91. The molecule has 2 fully saturated rings. The van der Waals surface area contributed by atoms with Gasteiger partial charge in [0.1, 0.15) is 18.1 Å². The van der Waals surface area contributed by atoms with Gasteiger partial charge in [-0.25, -0.2) is 4.79 Å². The van der Waals surface area contributed by atoms with Crippen molar-refractivity contribution in [3.8, 4) is 11.5 Å². The van der Waals surface area contributed by atoms with Crippen molar-refractivity contribution in [2.24, 2.45) is 0 Å². The highest BCUT2D eigenvalue weighted by Gasteiger charge is 2.26. The van der Waals surface area contributed by atoms with Crippen LogP contribution in [-0.4, -0.2) is 80.3 Å². The number of hydrogen-bond donors (Lipinski definition) is 0. The Morgan fingerprint density at radius 3 is 2.12 bits per heavy atom. The molecule has 2 heterocycles. The van der Waals surface area contributed by atoms with Gasteiger partial charge < -0.3 is 19.3 Å². The maximum Gasteiger partial charge on any atom is 0.320 e. The zero-order valence-electron chi connectivity index (χ0n) is 14.4. The number of urea groups is 1. The Labute approximate surface area is 143 Å². The molecule has 132 valence electrons. The Hall–Kier alpha value is -1.95. The Morgan fingerprint density at radius 2 is 1.50 bits per heavy atom. The second-order valence-corrected chi connectivity index (χ2v) is 6.33. The van der Waals surface area contributed by atoms with E-state index in [0.29, 0.717) is 6.61 Å². The minimum absolute atomic E-state index is 0.224. The molecule has 0 aromatic heterocycles. The minimum Gasteiger partial charge on any atom is -0.497 e. The summed E-state index contributed by atoms with van der Waals surface area (Å²) in [6, 6.07) is 7.87. The minimum atomic E-state index is 0.224. The van der Waals surface area contributed by atoms with Gasteiger partial charge in [-0.15, -0.1) is 0 Å². The molecule has 0 radical (unpaired) electrons. The van der Waals surface area contributed by atoms with Crippen molar-refractivity contribution < 1.29 is 14.3 Å². The van der Waals surface area contributed by atoms with Crippen LogP contribution in [0, 0.1) is 0 Å². The van der Waals surface area contributed by atoms with Gasteiger partial charge in [0.15, 0.2) is 0 Å². The molecule has 24 heavy (non-hydrogen) atoms. The fourth-order valence-electron chi connectivity index (χ4n) is 3.24. The third-order valence-electron chi connectivity index (χ3n) is 4.76. The van der Waals surface area contributed by atoms with Crippen molar-refractivity contribution in [3.05, 3.63) is 24.3 Å². The average Bonchev–Trinajstić information content (AvgIpc) is 3.17. The predicted molar refractivity (Wildman–Crippen MR) is 92.7 cm³/mol. The number of amides is 2. The maximum absolute atomic E-state index is 12.4. The Balaban J connectivity index is 1.35. The lowest BCUT2D eigenvalue weighted by atomic mass is 10.3. The number of hydrogen-bond acceptors (Lipinski definition) is 4. The third kappa shape index (κ3) is 4.32. The van der Waals surface area contributed by atoms with Crippen LogP contribution in [-0.2, 0) is 0 Å². The first-order chi connectivity index (χ1) is 11.8. The number of methoxy groups -OCH3 is 1. The Bertz CT molecular complexity index is 521. The van der Waals surface area contributed by atoms with Gasteiger partial charge in [-0.1, -0.05) is 0 Å². The largest absolute Gasteiger partial charge is 0.497 e. The highest BCUT2D eigenvalue weighted by molar-refractivity contribution is 5.74. The van der Waals surface area contributed by atoms with Crippen LogP contribution in [0.25, 0.3) is 0 Å². The van der Waals surface area contributed by atoms with Gasteiger partial charge in [-0.05, 0) is 37.1 Å². The second kappa shape index (κ2) is 8.24. The summed E-state index contributed by atoms with van der Waals surface area (Å²) in [7, 11) is 1.66. The fraction of sp³-hybridized carbons (Fsp3) is 0.611. The number of carbonyl (C=O) groups excluding carboxylic acids is 1. The van der Waals surface area contributed by atoms with Crippen molar-refractivity contribution in [1.82, 2.24) is 14.7 Å². The summed E-state index contributed by atoms with van der Waals surface area (Å²) in [5.74, 6) is 1.69. The van der Waals surface area contributed by atoms with E-state index in [-0.39, 0.29) is 6.03 Å². The van der Waals surface area contributed by atoms with E-state index in [2.05, 4.69) is 4.90 Å². The second-order valence-electron chi connectivity index (χ2n) is 6.33. The molecule has 6 nitrogen and oxygen atoms in total. The van der Waals surface area contributed by atoms with Crippen LogP contribution in [0.15, 0.2) is 24.3 Å². The van der Waals surface area contributed by atoms with E-state index in [1.807, 2.05) is 34.1 Å². The molecule has 2 amide bonds. The molecule has 0 saturated carbocycles. The molecule has 0 atom stereocenters. The molecule has 0 N–H and O–H groups in total. The molecule has 2 aliphatic heterocycles. The van der Waals surface area contributed by atoms with Crippen LogP contribution in [0.4, 0.5) is 4.79 Å². The number of ether oxygens (including phenoxy) is 2. The summed E-state index contributed by atoms with van der Waals surface area (Å²) in [5, 5.41) is 0. The van der Waals surface area contributed by atoms with Crippen molar-refractivity contribution in [1.29, 1.82) is 0 Å². The monoisotopic (exact) mass is 333 g/mol. The maximum atomic E-state index is 12.4. The van der Waals surface area contributed by atoms with Gasteiger partial charge in [0.2, 0.25) is 0 Å². The van der Waals surface area contributed by atoms with Crippen LogP contribution < -0.4 is 9.47 Å². The molecular formula is C18H27N3O3. The van der Waals surface area contributed by atoms with Gasteiger partial charge in [0, 0.05) is 45.8 Å². The lowest BCUT2D eigenvalue weighted by molar-refractivity contribution is 0.109. The number of rotatable bonds is 5. The fourth-order valence-corrected chi connectivity index (χ4v) is 3.24. The lowest BCUT2D eigenvalue weighted by Gasteiger charge is -2.36. The van der Waals surface area contributed by atoms with E-state index < -0.39 is 0 Å². The summed E-state index contributed by atoms with van der Waals surface area (Å²) < 4.78 is 10.9. The molecule has 3 rings (SSSR count). The SMILES string of the molecule is COc1ccc(OCCN2CCN(C(=O)N3CCCC3)CC2)cc1. The van der Waals surface area contributed by atoms with E-state index in [1.54, 1.807) is 7.11 Å². The lowest BCUT2D eigenvalue weighted by Crippen LogP contribution is -2.52. The highest BCUT2D eigenvalue weighted by Crippen LogP contribution is 2.17. The first-order valence-electron chi connectivity index (χ1n) is 8.79. The average molecular weight is 333 g/mol. The topological polar surface area (TPSA) is 45.3 Å². The van der Waals surface area contributed by atoms with Gasteiger partial charge in [0.25, 0.3) is 0 Å². The number of benzene rings is 1. The van der Waals surface area contributed by atoms with Gasteiger partial charge in [-0.3, -0.25) is 4.90 Å². The van der Waals surface area contributed by atoms with Crippen LogP contribution in [0.5, 0.6) is 11.5 Å².